The number of carbonyl (C=O) groups excluding carboxylic acids is 1. The van der Waals surface area contributed by atoms with Crippen LogP contribution in [0.2, 0.25) is 0 Å². The number of guanidine groups is 1. The van der Waals surface area contributed by atoms with Crippen LogP contribution in [0.4, 0.5) is 23.7 Å². The van der Waals surface area contributed by atoms with Crippen molar-refractivity contribution in [1.29, 1.82) is 0 Å². The number of hydrogen-bond donors (Lipinski definition) is 1. The van der Waals surface area contributed by atoms with Crippen molar-refractivity contribution in [3.63, 3.8) is 0 Å². The Morgan fingerprint density at radius 3 is 2.53 bits per heavy atom. The standard InChI is InChI=1S/C21H19F3N4O2/c1-11-4-5-13(30-3)10-16(11)25-20-26-21(29)27(2)18-7-6-17(28(18)20)12-8-14(22)19(24)15(23)9-12/h4-5,7-10,17H,6H2,1-3H3,(H,25,26,29). The number of urea groups is 1. The monoisotopic (exact) mass is 416 g/mol. The summed E-state index contributed by atoms with van der Waals surface area (Å²) in [4.78, 5) is 20.1. The van der Waals surface area contributed by atoms with Gasteiger partial charge in [0.2, 0.25) is 5.96 Å². The Morgan fingerprint density at radius 1 is 1.17 bits per heavy atom. The van der Waals surface area contributed by atoms with Crippen molar-refractivity contribution in [2.45, 2.75) is 19.4 Å². The van der Waals surface area contributed by atoms with Gasteiger partial charge in [-0.15, -0.1) is 0 Å². The third-order valence-corrected chi connectivity index (χ3v) is 5.21. The fraction of sp³-hybridized carbons (Fsp3) is 0.238. The molecule has 9 heteroatoms. The first-order valence-electron chi connectivity index (χ1n) is 9.22. The van der Waals surface area contributed by atoms with Crippen molar-refractivity contribution < 1.29 is 22.7 Å². The lowest BCUT2D eigenvalue weighted by atomic mass is 10.0. The zero-order chi connectivity index (χ0) is 21.6. The van der Waals surface area contributed by atoms with Crippen molar-refractivity contribution in [3.05, 3.63) is 70.8 Å². The zero-order valence-corrected chi connectivity index (χ0v) is 16.5. The summed E-state index contributed by atoms with van der Waals surface area (Å²) in [5.41, 5.74) is 1.64. The van der Waals surface area contributed by atoms with Crippen molar-refractivity contribution in [2.24, 2.45) is 4.99 Å². The van der Waals surface area contributed by atoms with E-state index in [-0.39, 0.29) is 11.5 Å². The molecule has 1 unspecified atom stereocenters. The molecule has 2 aromatic rings. The van der Waals surface area contributed by atoms with Crippen molar-refractivity contribution in [2.75, 3.05) is 14.2 Å². The number of aryl methyl sites for hydroxylation is 1. The molecule has 2 aliphatic heterocycles. The van der Waals surface area contributed by atoms with Crippen LogP contribution in [0.25, 0.3) is 0 Å². The topological polar surface area (TPSA) is 57.2 Å². The maximum Gasteiger partial charge on any atom is 0.329 e. The molecule has 0 aliphatic carbocycles. The van der Waals surface area contributed by atoms with E-state index in [1.807, 2.05) is 13.0 Å². The number of fused-ring (bicyclic) bond motifs is 1. The fourth-order valence-electron chi connectivity index (χ4n) is 3.56. The molecule has 0 radical (unpaired) electrons. The summed E-state index contributed by atoms with van der Waals surface area (Å²) >= 11 is 0. The number of benzene rings is 2. The Labute approximate surface area is 171 Å². The maximum atomic E-state index is 13.9. The van der Waals surface area contributed by atoms with Gasteiger partial charge in [0.25, 0.3) is 0 Å². The van der Waals surface area contributed by atoms with E-state index < -0.39 is 29.5 Å². The van der Waals surface area contributed by atoms with E-state index in [1.165, 1.54) is 12.0 Å². The number of methoxy groups -OCH3 is 1. The fourth-order valence-corrected chi connectivity index (χ4v) is 3.56. The zero-order valence-electron chi connectivity index (χ0n) is 16.5. The van der Waals surface area contributed by atoms with Gasteiger partial charge in [-0.3, -0.25) is 15.1 Å². The van der Waals surface area contributed by atoms with Gasteiger partial charge in [-0.1, -0.05) is 6.07 Å². The summed E-state index contributed by atoms with van der Waals surface area (Å²) in [6, 6.07) is 6.30. The number of aliphatic imine (C=N–C) groups is 1. The number of amides is 2. The lowest BCUT2D eigenvalue weighted by Crippen LogP contribution is -2.56. The second-order valence-electron chi connectivity index (χ2n) is 7.06. The van der Waals surface area contributed by atoms with Crippen LogP contribution >= 0.6 is 0 Å². The lowest BCUT2D eigenvalue weighted by molar-refractivity contribution is 0.199. The molecule has 4 rings (SSSR count). The number of rotatable bonds is 3. The van der Waals surface area contributed by atoms with Crippen LogP contribution in [0.15, 0.2) is 47.2 Å². The highest BCUT2D eigenvalue weighted by atomic mass is 19.2. The quantitative estimate of drug-likeness (QED) is 0.757. The number of hydrogen-bond acceptors (Lipinski definition) is 3. The van der Waals surface area contributed by atoms with Crippen molar-refractivity contribution in [3.8, 4) is 5.75 Å². The molecule has 0 saturated carbocycles. The van der Waals surface area contributed by atoms with Crippen LogP contribution in [0.3, 0.4) is 0 Å². The highest BCUT2D eigenvalue weighted by Crippen LogP contribution is 2.39. The first kappa shape index (κ1) is 19.8. The van der Waals surface area contributed by atoms with Gasteiger partial charge in [-0.25, -0.2) is 23.0 Å². The Morgan fingerprint density at radius 2 is 1.87 bits per heavy atom. The van der Waals surface area contributed by atoms with Gasteiger partial charge < -0.3 is 4.74 Å². The molecular formula is C21H19F3N4O2. The summed E-state index contributed by atoms with van der Waals surface area (Å²) in [5.74, 6) is -2.74. The van der Waals surface area contributed by atoms with E-state index in [1.54, 1.807) is 30.2 Å². The molecule has 30 heavy (non-hydrogen) atoms. The van der Waals surface area contributed by atoms with Crippen LogP contribution < -0.4 is 10.1 Å². The maximum absolute atomic E-state index is 13.9. The van der Waals surface area contributed by atoms with Crippen LogP contribution in [0, 0.1) is 24.4 Å². The Balaban J connectivity index is 1.81. The number of carbonyl (C=O) groups is 1. The molecule has 0 aromatic heterocycles. The summed E-state index contributed by atoms with van der Waals surface area (Å²) in [6.07, 6.45) is 2.13. The summed E-state index contributed by atoms with van der Waals surface area (Å²) in [6.45, 7) is 1.86. The molecule has 0 spiro atoms. The average Bonchev–Trinajstić information content (AvgIpc) is 3.17. The molecular weight excluding hydrogens is 397 g/mol. The van der Waals surface area contributed by atoms with Crippen LogP contribution in [-0.4, -0.2) is 35.9 Å². The van der Waals surface area contributed by atoms with Crippen LogP contribution in [-0.2, 0) is 0 Å². The Bertz CT molecular complexity index is 1080. The van der Waals surface area contributed by atoms with E-state index >= 15 is 0 Å². The Kier molecular flexibility index (Phi) is 4.89. The highest BCUT2D eigenvalue weighted by molar-refractivity contribution is 6.02. The second-order valence-corrected chi connectivity index (χ2v) is 7.06. The molecule has 2 amide bonds. The SMILES string of the molecule is COc1ccc(C)c(N=C2NC(=O)N(C)C3=CCC(c4cc(F)c(F)c(F)c4)N32)c1. The largest absolute Gasteiger partial charge is 0.497 e. The number of nitrogens with zero attached hydrogens (tertiary/aromatic N) is 3. The van der Waals surface area contributed by atoms with Gasteiger partial charge in [-0.05, 0) is 48.7 Å². The number of nitrogens with one attached hydrogen (secondary N) is 1. The van der Waals surface area contributed by atoms with Crippen molar-refractivity contribution >= 4 is 17.7 Å². The molecule has 2 heterocycles. The third-order valence-electron chi connectivity index (χ3n) is 5.21. The minimum atomic E-state index is -1.52. The van der Waals surface area contributed by atoms with Gasteiger partial charge in [0, 0.05) is 13.1 Å². The molecule has 1 saturated heterocycles. The van der Waals surface area contributed by atoms with Crippen molar-refractivity contribution in [1.82, 2.24) is 15.1 Å². The van der Waals surface area contributed by atoms with Gasteiger partial charge in [-0.2, -0.15) is 0 Å². The van der Waals surface area contributed by atoms with Crippen LogP contribution in [0.1, 0.15) is 23.6 Å². The van der Waals surface area contributed by atoms with E-state index in [0.717, 1.165) is 17.7 Å². The summed E-state index contributed by atoms with van der Waals surface area (Å²) in [7, 11) is 3.11. The molecule has 2 aliphatic rings. The lowest BCUT2D eigenvalue weighted by Gasteiger charge is -2.38. The number of halogens is 3. The molecule has 6 nitrogen and oxygen atoms in total. The van der Waals surface area contributed by atoms with E-state index in [0.29, 0.717) is 23.7 Å². The smallest absolute Gasteiger partial charge is 0.329 e. The predicted molar refractivity (Wildman–Crippen MR) is 105 cm³/mol. The molecule has 156 valence electrons. The third kappa shape index (κ3) is 3.26. The highest BCUT2D eigenvalue weighted by Gasteiger charge is 2.40. The average molecular weight is 416 g/mol. The minimum absolute atomic E-state index is 0.202. The minimum Gasteiger partial charge on any atom is -0.497 e. The number of ether oxygens (including phenoxy) is 1. The summed E-state index contributed by atoms with van der Waals surface area (Å²) in [5, 5.41) is 2.71. The Hall–Kier alpha value is -3.49. The van der Waals surface area contributed by atoms with Gasteiger partial charge in [0.05, 0.1) is 18.8 Å². The molecule has 0 bridgehead atoms. The van der Waals surface area contributed by atoms with E-state index in [2.05, 4.69) is 10.3 Å². The van der Waals surface area contributed by atoms with Gasteiger partial charge in [0.1, 0.15) is 11.6 Å². The molecule has 2 aromatic carbocycles. The van der Waals surface area contributed by atoms with E-state index in [9.17, 15) is 18.0 Å². The van der Waals surface area contributed by atoms with Crippen LogP contribution in [0.5, 0.6) is 5.75 Å². The normalized spacial score (nSPS) is 19.7. The first-order chi connectivity index (χ1) is 14.3. The first-order valence-corrected chi connectivity index (χ1v) is 9.22. The molecule has 1 N–H and O–H groups in total. The van der Waals surface area contributed by atoms with E-state index in [4.69, 9.17) is 4.74 Å². The molecule has 1 fully saturated rings. The van der Waals surface area contributed by atoms with Gasteiger partial charge in [0.15, 0.2) is 17.5 Å². The molecule has 1 atom stereocenters. The predicted octanol–water partition coefficient (Wildman–Crippen LogP) is 4.35. The summed E-state index contributed by atoms with van der Waals surface area (Å²) < 4.78 is 46.4. The van der Waals surface area contributed by atoms with Gasteiger partial charge >= 0.3 is 6.03 Å². The second kappa shape index (κ2) is 7.40.